The zero-order valence-corrected chi connectivity index (χ0v) is 27.5. The Kier molecular flexibility index (Phi) is 10.7. The van der Waals surface area contributed by atoms with Gasteiger partial charge in [0, 0.05) is 40.2 Å². The van der Waals surface area contributed by atoms with Crippen molar-refractivity contribution in [1.82, 2.24) is 10.3 Å². The molecule has 1 atom stereocenters. The van der Waals surface area contributed by atoms with Crippen LogP contribution in [0, 0.1) is 11.7 Å². The third-order valence-corrected chi connectivity index (χ3v) is 8.43. The predicted octanol–water partition coefficient (Wildman–Crippen LogP) is 7.07. The Morgan fingerprint density at radius 1 is 0.979 bits per heavy atom. The molecular weight excluding hydrogens is 635 g/mol. The highest BCUT2D eigenvalue weighted by Crippen LogP contribution is 2.29. The highest BCUT2D eigenvalue weighted by Gasteiger charge is 2.26. The summed E-state index contributed by atoms with van der Waals surface area (Å²) in [5.41, 5.74) is 2.34. The Morgan fingerprint density at radius 2 is 1.73 bits per heavy atom. The van der Waals surface area contributed by atoms with Crippen LogP contribution in [0.15, 0.2) is 90.1 Å². The Hall–Kier alpha value is -5.23. The van der Waals surface area contributed by atoms with Crippen LogP contribution in [0.5, 0.6) is 0 Å². The molecule has 3 amide bonds. The van der Waals surface area contributed by atoms with E-state index in [-0.39, 0.29) is 35.6 Å². The minimum absolute atomic E-state index is 0.0176. The van der Waals surface area contributed by atoms with E-state index in [1.54, 1.807) is 87.1 Å². The van der Waals surface area contributed by atoms with Crippen molar-refractivity contribution in [3.8, 4) is 11.1 Å². The number of hydrogen-bond acceptors (Lipinski definition) is 8. The summed E-state index contributed by atoms with van der Waals surface area (Å²) in [5.74, 6) is -1.19. The van der Waals surface area contributed by atoms with Crippen LogP contribution in [0.2, 0.25) is 0 Å². The van der Waals surface area contributed by atoms with Gasteiger partial charge in [0.25, 0.3) is 11.8 Å². The maximum absolute atomic E-state index is 14.2. The highest BCUT2D eigenvalue weighted by atomic mass is 32.2. The third-order valence-electron chi connectivity index (χ3n) is 7.26. The van der Waals surface area contributed by atoms with E-state index in [2.05, 4.69) is 20.9 Å². The third kappa shape index (κ3) is 9.19. The van der Waals surface area contributed by atoms with Crippen molar-refractivity contribution in [2.45, 2.75) is 44.2 Å². The van der Waals surface area contributed by atoms with Gasteiger partial charge in [0.2, 0.25) is 0 Å². The number of carbonyl (C=O) groups excluding carboxylic acids is 4. The Morgan fingerprint density at radius 3 is 2.44 bits per heavy atom. The van der Waals surface area contributed by atoms with Crippen LogP contribution in [0.25, 0.3) is 11.1 Å². The Labute approximate surface area is 281 Å². The smallest absolute Gasteiger partial charge is 0.407 e. The lowest BCUT2D eigenvalue weighted by atomic mass is 9.95. The lowest BCUT2D eigenvalue weighted by Crippen LogP contribution is -2.32. The molecule has 48 heavy (non-hydrogen) atoms. The number of ether oxygens (including phenoxy) is 2. The molecule has 1 aromatic heterocycles. The van der Waals surface area contributed by atoms with Crippen molar-refractivity contribution in [1.29, 1.82) is 0 Å². The number of hydrogen-bond donors (Lipinski definition) is 3. The minimum Gasteiger partial charge on any atom is -0.465 e. The maximum atomic E-state index is 14.2. The zero-order chi connectivity index (χ0) is 34.3. The van der Waals surface area contributed by atoms with Gasteiger partial charge in [-0.15, -0.1) is 11.8 Å². The first kappa shape index (κ1) is 34.1. The summed E-state index contributed by atoms with van der Waals surface area (Å²) in [5, 5.41) is 8.20. The summed E-state index contributed by atoms with van der Waals surface area (Å²) < 4.78 is 24.6. The van der Waals surface area contributed by atoms with Gasteiger partial charge < -0.3 is 25.4 Å². The number of benzene rings is 3. The molecule has 1 fully saturated rings. The molecular formula is C36H35FN4O6S. The number of alkyl carbamates (subject to hydrolysis) is 1. The number of cyclic esters (lactones) is 1. The Balaban J connectivity index is 1.34. The first-order valence-electron chi connectivity index (χ1n) is 15.3. The van der Waals surface area contributed by atoms with E-state index in [1.807, 2.05) is 12.1 Å². The first-order chi connectivity index (χ1) is 22.9. The number of anilines is 2. The van der Waals surface area contributed by atoms with Gasteiger partial charge in [-0.05, 0) is 98.5 Å². The van der Waals surface area contributed by atoms with E-state index >= 15 is 0 Å². The summed E-state index contributed by atoms with van der Waals surface area (Å²) in [6.07, 6.45) is 2.49. The standard InChI is InChI=1S/C36H35FN4O6S/c1-36(2,3)47-35(45)39-19-25-8-7-24(33(43)41-31-13-15-38-20-30(31)37)18-29(25)22-5-4-6-23(17-22)32(42)40-27-9-11-28(12-10-27)48-21-26-14-16-46-34(26)44/h4-13,15,17-18,20,26H,14,16,19,21H2,1-3H3,(H,39,45)(H,40,42)(H,38,41,43)/t26-/m1/s1. The van der Waals surface area contributed by atoms with Crippen LogP contribution in [-0.2, 0) is 20.8 Å². The number of thioether (sulfide) groups is 1. The van der Waals surface area contributed by atoms with Crippen LogP contribution >= 0.6 is 11.8 Å². The number of halogens is 1. The quantitative estimate of drug-likeness (QED) is 0.120. The van der Waals surface area contributed by atoms with Gasteiger partial charge in [0.15, 0.2) is 5.82 Å². The monoisotopic (exact) mass is 670 g/mol. The molecule has 0 saturated carbocycles. The summed E-state index contributed by atoms with van der Waals surface area (Å²) in [7, 11) is 0. The van der Waals surface area contributed by atoms with E-state index in [1.165, 1.54) is 12.3 Å². The number of aromatic nitrogens is 1. The van der Waals surface area contributed by atoms with Crippen molar-refractivity contribution in [2.24, 2.45) is 5.92 Å². The molecule has 1 saturated heterocycles. The molecule has 10 nitrogen and oxygen atoms in total. The summed E-state index contributed by atoms with van der Waals surface area (Å²) in [4.78, 5) is 55.3. The highest BCUT2D eigenvalue weighted by molar-refractivity contribution is 7.99. The maximum Gasteiger partial charge on any atom is 0.407 e. The number of pyridine rings is 1. The molecule has 0 spiro atoms. The average molecular weight is 671 g/mol. The fraction of sp³-hybridized carbons (Fsp3) is 0.250. The molecule has 5 rings (SSSR count). The van der Waals surface area contributed by atoms with E-state index in [9.17, 15) is 23.6 Å². The molecule has 12 heteroatoms. The fourth-order valence-electron chi connectivity index (χ4n) is 4.84. The number of amides is 3. The van der Waals surface area contributed by atoms with Crippen molar-refractivity contribution in [3.05, 3.63) is 108 Å². The fourth-order valence-corrected chi connectivity index (χ4v) is 5.87. The lowest BCUT2D eigenvalue weighted by molar-refractivity contribution is -0.140. The topological polar surface area (TPSA) is 136 Å². The molecule has 2 heterocycles. The molecule has 0 radical (unpaired) electrons. The van der Waals surface area contributed by atoms with Crippen molar-refractivity contribution < 1.29 is 33.0 Å². The van der Waals surface area contributed by atoms with Gasteiger partial charge in [-0.1, -0.05) is 18.2 Å². The molecule has 0 bridgehead atoms. The van der Waals surface area contributed by atoms with Crippen LogP contribution in [0.1, 0.15) is 53.5 Å². The van der Waals surface area contributed by atoms with Crippen LogP contribution in [-0.4, -0.2) is 46.8 Å². The number of rotatable bonds is 10. The van der Waals surface area contributed by atoms with Crippen LogP contribution in [0.3, 0.4) is 0 Å². The van der Waals surface area contributed by atoms with E-state index in [4.69, 9.17) is 9.47 Å². The largest absolute Gasteiger partial charge is 0.465 e. The minimum atomic E-state index is -0.691. The molecule has 3 N–H and O–H groups in total. The van der Waals surface area contributed by atoms with Crippen LogP contribution < -0.4 is 16.0 Å². The van der Waals surface area contributed by atoms with E-state index in [0.29, 0.717) is 40.3 Å². The van der Waals surface area contributed by atoms with Crippen molar-refractivity contribution in [2.75, 3.05) is 23.0 Å². The first-order valence-corrected chi connectivity index (χ1v) is 16.3. The molecule has 1 aliphatic heterocycles. The van der Waals surface area contributed by atoms with Gasteiger partial charge in [-0.25, -0.2) is 9.18 Å². The van der Waals surface area contributed by atoms with Gasteiger partial charge in [0.05, 0.1) is 24.4 Å². The second-order valence-electron chi connectivity index (χ2n) is 12.1. The summed E-state index contributed by atoms with van der Waals surface area (Å²) in [6, 6.07) is 20.5. The molecule has 248 valence electrons. The van der Waals surface area contributed by atoms with Gasteiger partial charge >= 0.3 is 12.1 Å². The lowest BCUT2D eigenvalue weighted by Gasteiger charge is -2.20. The predicted molar refractivity (Wildman–Crippen MR) is 181 cm³/mol. The SMILES string of the molecule is CC(C)(C)OC(=O)NCc1ccc(C(=O)Nc2ccncc2F)cc1-c1cccc(C(=O)Nc2ccc(SC[C@H]3CCOC3=O)cc2)c1. The molecule has 4 aromatic rings. The van der Waals surface area contributed by atoms with E-state index < -0.39 is 23.4 Å². The van der Waals surface area contributed by atoms with Crippen LogP contribution in [0.4, 0.5) is 20.6 Å². The second-order valence-corrected chi connectivity index (χ2v) is 13.2. The van der Waals surface area contributed by atoms with E-state index in [0.717, 1.165) is 17.5 Å². The summed E-state index contributed by atoms with van der Waals surface area (Å²) in [6.45, 7) is 5.83. The molecule has 1 aliphatic rings. The van der Waals surface area contributed by atoms with Gasteiger partial charge in [-0.2, -0.15) is 0 Å². The average Bonchev–Trinajstić information content (AvgIpc) is 3.48. The normalized spacial score (nSPS) is 14.2. The van der Waals surface area contributed by atoms with Crippen molar-refractivity contribution >= 4 is 47.0 Å². The molecule has 3 aromatic carbocycles. The van der Waals surface area contributed by atoms with Gasteiger partial charge in [-0.3, -0.25) is 19.4 Å². The zero-order valence-electron chi connectivity index (χ0n) is 26.7. The Bertz CT molecular complexity index is 1830. The van der Waals surface area contributed by atoms with Crippen molar-refractivity contribution in [3.63, 3.8) is 0 Å². The number of esters is 1. The molecule has 0 unspecified atom stereocenters. The number of nitrogens with zero attached hydrogens (tertiary/aromatic N) is 1. The second kappa shape index (κ2) is 15.1. The summed E-state index contributed by atoms with van der Waals surface area (Å²) >= 11 is 1.56. The van der Waals surface area contributed by atoms with Gasteiger partial charge in [0.1, 0.15) is 5.60 Å². The molecule has 0 aliphatic carbocycles. The number of nitrogens with one attached hydrogen (secondary N) is 3. The number of carbonyl (C=O) groups is 4.